The van der Waals surface area contributed by atoms with E-state index in [1.165, 1.54) is 218 Å². The second-order valence-corrected chi connectivity index (χ2v) is 25.0. The molecule has 0 aliphatic heterocycles. The van der Waals surface area contributed by atoms with Crippen molar-refractivity contribution in [3.8, 4) is 0 Å². The molecule has 0 aliphatic rings. The molecular formula is C66H127N2O7P. The number of phosphoric ester groups is 1. The summed E-state index contributed by atoms with van der Waals surface area (Å²) < 4.78 is 30.3. The Bertz CT molecular complexity index is 1400. The van der Waals surface area contributed by atoms with Gasteiger partial charge in [-0.15, -0.1) is 0 Å². The van der Waals surface area contributed by atoms with Crippen LogP contribution in [0.15, 0.2) is 36.5 Å². The number of ether oxygens (including phenoxy) is 1. The molecule has 3 atom stereocenters. The molecule has 0 saturated heterocycles. The van der Waals surface area contributed by atoms with Gasteiger partial charge in [0.05, 0.1) is 33.8 Å². The number of amides is 1. The van der Waals surface area contributed by atoms with Gasteiger partial charge in [0.25, 0.3) is 7.82 Å². The van der Waals surface area contributed by atoms with Gasteiger partial charge in [-0.3, -0.25) is 14.2 Å². The van der Waals surface area contributed by atoms with Gasteiger partial charge in [0, 0.05) is 12.8 Å². The topological polar surface area (TPSA) is 114 Å². The Hall–Kier alpha value is -1.77. The molecule has 0 radical (unpaired) electrons. The van der Waals surface area contributed by atoms with Gasteiger partial charge in [0.1, 0.15) is 19.3 Å². The van der Waals surface area contributed by atoms with Crippen molar-refractivity contribution in [2.75, 3.05) is 40.9 Å². The Morgan fingerprint density at radius 2 is 0.763 bits per heavy atom. The van der Waals surface area contributed by atoms with E-state index in [0.29, 0.717) is 23.9 Å². The fourth-order valence-electron chi connectivity index (χ4n) is 9.69. The SMILES string of the molecule is CCCCCCCC/C=C/CCCCCCCCCCCCCCCC(=O)NC(COP(=O)([O-])OCC[N+](C)(C)C)C(/C=C\CCCCCCCCCCCCC)OC(=O)CCCCC/C=C\CCCCCCCCC. The van der Waals surface area contributed by atoms with E-state index in [2.05, 4.69) is 50.4 Å². The van der Waals surface area contributed by atoms with Crippen LogP contribution < -0.4 is 10.2 Å². The fraction of sp³-hybridized carbons (Fsp3) is 0.879. The smallest absolute Gasteiger partial charge is 0.306 e. The van der Waals surface area contributed by atoms with Crippen LogP contribution in [0.25, 0.3) is 0 Å². The van der Waals surface area contributed by atoms with Crippen LogP contribution in [0, 0.1) is 0 Å². The molecule has 0 fully saturated rings. The Morgan fingerprint density at radius 3 is 1.13 bits per heavy atom. The molecular weight excluding hydrogens is 964 g/mol. The van der Waals surface area contributed by atoms with Crippen molar-refractivity contribution < 1.29 is 37.3 Å². The van der Waals surface area contributed by atoms with Gasteiger partial charge in [-0.1, -0.05) is 263 Å². The van der Waals surface area contributed by atoms with Crippen LogP contribution in [0.3, 0.4) is 0 Å². The number of hydrogen-bond acceptors (Lipinski definition) is 7. The normalized spacial score (nSPS) is 13.8. The molecule has 0 heterocycles. The minimum Gasteiger partial charge on any atom is -0.756 e. The van der Waals surface area contributed by atoms with Gasteiger partial charge in [-0.25, -0.2) is 0 Å². The summed E-state index contributed by atoms with van der Waals surface area (Å²) in [5.41, 5.74) is 0. The van der Waals surface area contributed by atoms with Crippen molar-refractivity contribution in [1.29, 1.82) is 0 Å². The van der Waals surface area contributed by atoms with E-state index in [1.54, 1.807) is 0 Å². The summed E-state index contributed by atoms with van der Waals surface area (Å²) in [5.74, 6) is -0.546. The standard InChI is InChI=1S/C66H127N2O7P/c1-7-10-13-16-19-22-25-28-30-31-32-33-34-35-36-37-38-40-43-46-49-52-55-58-65(69)67-63(62-74-76(71,72)73-61-60-68(4,5)6)64(57-54-51-48-45-42-39-27-24-21-18-15-12-9-3)75-66(70)59-56-53-50-47-44-41-29-26-23-20-17-14-11-8-2/h28,30,41,44,54,57,63-64H,7-27,29,31-40,42-43,45-53,55-56,58-62H2,1-6H3,(H-,67,69,71,72)/b30-28+,44-41-,57-54-. The summed E-state index contributed by atoms with van der Waals surface area (Å²) in [6.45, 7) is 6.86. The number of hydrogen-bond donors (Lipinski definition) is 1. The number of unbranched alkanes of at least 4 members (excludes halogenated alkanes) is 40. The number of allylic oxidation sites excluding steroid dienone is 5. The molecule has 3 unspecified atom stereocenters. The largest absolute Gasteiger partial charge is 0.756 e. The molecule has 1 N–H and O–H groups in total. The third-order valence-electron chi connectivity index (χ3n) is 14.8. The van der Waals surface area contributed by atoms with Crippen LogP contribution >= 0.6 is 7.82 Å². The van der Waals surface area contributed by atoms with E-state index < -0.39 is 20.0 Å². The van der Waals surface area contributed by atoms with E-state index in [4.69, 9.17) is 13.8 Å². The first-order valence-electron chi connectivity index (χ1n) is 32.8. The molecule has 0 aliphatic carbocycles. The van der Waals surface area contributed by atoms with Crippen molar-refractivity contribution in [3.63, 3.8) is 0 Å². The molecule has 0 saturated carbocycles. The number of esters is 1. The van der Waals surface area contributed by atoms with Crippen molar-refractivity contribution >= 4 is 19.7 Å². The summed E-state index contributed by atoms with van der Waals surface area (Å²) in [7, 11) is 1.19. The van der Waals surface area contributed by atoms with E-state index in [-0.39, 0.29) is 31.5 Å². The molecule has 0 aromatic rings. The average Bonchev–Trinajstić information content (AvgIpc) is 3.38. The van der Waals surface area contributed by atoms with Crippen molar-refractivity contribution in [2.45, 2.75) is 335 Å². The van der Waals surface area contributed by atoms with Crippen LogP contribution in [0.4, 0.5) is 0 Å². The average molecular weight is 1090 g/mol. The summed E-state index contributed by atoms with van der Waals surface area (Å²) >= 11 is 0. The first-order chi connectivity index (χ1) is 36.9. The summed E-state index contributed by atoms with van der Waals surface area (Å²) in [4.78, 5) is 40.0. The van der Waals surface area contributed by atoms with E-state index in [9.17, 15) is 19.0 Å². The van der Waals surface area contributed by atoms with Crippen molar-refractivity contribution in [3.05, 3.63) is 36.5 Å². The number of carbonyl (C=O) groups excluding carboxylic acids is 2. The second-order valence-electron chi connectivity index (χ2n) is 23.6. The summed E-state index contributed by atoms with van der Waals surface area (Å²) in [6, 6.07) is -0.891. The summed E-state index contributed by atoms with van der Waals surface area (Å²) in [5, 5.41) is 3.04. The predicted octanol–water partition coefficient (Wildman–Crippen LogP) is 19.7. The van der Waals surface area contributed by atoms with Gasteiger partial charge in [0.2, 0.25) is 5.91 Å². The highest BCUT2D eigenvalue weighted by molar-refractivity contribution is 7.45. The molecule has 0 bridgehead atoms. The van der Waals surface area contributed by atoms with Gasteiger partial charge < -0.3 is 28.5 Å². The highest BCUT2D eigenvalue weighted by Gasteiger charge is 2.27. The molecule has 76 heavy (non-hydrogen) atoms. The van der Waals surface area contributed by atoms with Crippen molar-refractivity contribution in [1.82, 2.24) is 5.32 Å². The van der Waals surface area contributed by atoms with Gasteiger partial charge in [0.15, 0.2) is 0 Å². The van der Waals surface area contributed by atoms with E-state index >= 15 is 0 Å². The molecule has 9 nitrogen and oxygen atoms in total. The molecule has 448 valence electrons. The zero-order chi connectivity index (χ0) is 55.7. The number of quaternary nitrogens is 1. The lowest BCUT2D eigenvalue weighted by Gasteiger charge is -2.30. The Kier molecular flexibility index (Phi) is 55.2. The maximum Gasteiger partial charge on any atom is 0.306 e. The highest BCUT2D eigenvalue weighted by atomic mass is 31.2. The first-order valence-corrected chi connectivity index (χ1v) is 34.3. The van der Waals surface area contributed by atoms with Gasteiger partial charge >= 0.3 is 5.97 Å². The lowest BCUT2D eigenvalue weighted by Crippen LogP contribution is -2.47. The lowest BCUT2D eigenvalue weighted by atomic mass is 10.0. The van der Waals surface area contributed by atoms with Crippen LogP contribution in [-0.2, 0) is 27.9 Å². The Morgan fingerprint density at radius 1 is 0.447 bits per heavy atom. The molecule has 0 rings (SSSR count). The van der Waals surface area contributed by atoms with Crippen LogP contribution in [0.5, 0.6) is 0 Å². The van der Waals surface area contributed by atoms with Gasteiger partial charge in [-0.05, 0) is 83.1 Å². The molecule has 10 heteroatoms. The molecule has 0 aromatic carbocycles. The minimum atomic E-state index is -4.70. The number of carbonyl (C=O) groups is 2. The third-order valence-corrected chi connectivity index (χ3v) is 15.8. The Balaban J connectivity index is 5.15. The quantitative estimate of drug-likeness (QED) is 0.0212. The predicted molar refractivity (Wildman–Crippen MR) is 326 cm³/mol. The Labute approximate surface area is 472 Å². The summed E-state index contributed by atoms with van der Waals surface area (Å²) in [6.07, 6.45) is 68.3. The number of phosphoric acid groups is 1. The zero-order valence-corrected chi connectivity index (χ0v) is 52.1. The minimum absolute atomic E-state index is 0.0224. The highest BCUT2D eigenvalue weighted by Crippen LogP contribution is 2.38. The molecule has 0 spiro atoms. The maximum absolute atomic E-state index is 13.6. The number of rotatable bonds is 60. The van der Waals surface area contributed by atoms with Crippen molar-refractivity contribution in [2.24, 2.45) is 0 Å². The maximum atomic E-state index is 13.6. The fourth-order valence-corrected chi connectivity index (χ4v) is 10.4. The van der Waals surface area contributed by atoms with Crippen LogP contribution in [0.1, 0.15) is 323 Å². The number of nitrogens with one attached hydrogen (secondary N) is 1. The van der Waals surface area contributed by atoms with E-state index in [1.807, 2.05) is 33.3 Å². The monoisotopic (exact) mass is 1090 g/mol. The van der Waals surface area contributed by atoms with E-state index in [0.717, 1.165) is 64.2 Å². The molecule has 0 aromatic heterocycles. The zero-order valence-electron chi connectivity index (χ0n) is 51.2. The second kappa shape index (κ2) is 56.5. The first kappa shape index (κ1) is 74.2. The number of nitrogens with zero attached hydrogens (tertiary/aromatic N) is 1. The van der Waals surface area contributed by atoms with Gasteiger partial charge in [-0.2, -0.15) is 0 Å². The molecule has 1 amide bonds. The number of likely N-dealkylation sites (N-methyl/N-ethyl adjacent to an activating group) is 1. The van der Waals surface area contributed by atoms with Crippen LogP contribution in [0.2, 0.25) is 0 Å². The third kappa shape index (κ3) is 56.9. The lowest BCUT2D eigenvalue weighted by molar-refractivity contribution is -0.870. The van der Waals surface area contributed by atoms with Crippen LogP contribution in [-0.4, -0.2) is 69.4 Å².